The molecule has 3 aromatic rings. The number of fused-ring (bicyclic) bond motifs is 2. The molecule has 27 heavy (non-hydrogen) atoms. The summed E-state index contributed by atoms with van der Waals surface area (Å²) >= 11 is 0. The summed E-state index contributed by atoms with van der Waals surface area (Å²) in [5.41, 5.74) is 5.44. The van der Waals surface area contributed by atoms with Crippen molar-refractivity contribution in [3.8, 4) is 11.5 Å². The largest absolute Gasteiger partial charge is 0.485 e. The third-order valence-corrected chi connectivity index (χ3v) is 4.57. The molecular weight excluding hydrogens is 340 g/mol. The summed E-state index contributed by atoms with van der Waals surface area (Å²) < 4.78 is 11.6. The smallest absolute Gasteiger partial charge is 0.284 e. The first-order valence-electron chi connectivity index (χ1n) is 8.83. The maximum atomic E-state index is 12.4. The number of hydrogen-bond donors (Lipinski definition) is 1. The van der Waals surface area contributed by atoms with Gasteiger partial charge in [0.15, 0.2) is 11.5 Å². The highest BCUT2D eigenvalue weighted by atomic mass is 16.6. The SMILES string of the molecule is C/C(=N\NC(=O)[C@@H]1COc2cc3ccccc3cc2O1)c1ccc(C)cc1. The van der Waals surface area contributed by atoms with Crippen molar-refractivity contribution in [1.29, 1.82) is 0 Å². The topological polar surface area (TPSA) is 59.9 Å². The Morgan fingerprint density at radius 3 is 2.41 bits per heavy atom. The number of nitrogens with one attached hydrogen (secondary N) is 1. The van der Waals surface area contributed by atoms with Gasteiger partial charge in [-0.05, 0) is 42.3 Å². The number of carbonyl (C=O) groups excluding carboxylic acids is 1. The van der Waals surface area contributed by atoms with Gasteiger partial charge in [0, 0.05) is 0 Å². The van der Waals surface area contributed by atoms with Crippen molar-refractivity contribution in [3.63, 3.8) is 0 Å². The Kier molecular flexibility index (Phi) is 4.50. The molecule has 1 heterocycles. The third-order valence-electron chi connectivity index (χ3n) is 4.57. The van der Waals surface area contributed by atoms with Gasteiger partial charge in [-0.15, -0.1) is 0 Å². The Hall–Kier alpha value is -3.34. The van der Waals surface area contributed by atoms with E-state index in [-0.39, 0.29) is 12.5 Å². The van der Waals surface area contributed by atoms with Crippen LogP contribution in [0.3, 0.4) is 0 Å². The van der Waals surface area contributed by atoms with Crippen molar-refractivity contribution in [2.45, 2.75) is 20.0 Å². The summed E-state index contributed by atoms with van der Waals surface area (Å²) in [6, 6.07) is 19.7. The Morgan fingerprint density at radius 2 is 1.70 bits per heavy atom. The molecule has 0 bridgehead atoms. The fourth-order valence-electron chi connectivity index (χ4n) is 2.96. The maximum Gasteiger partial charge on any atom is 0.284 e. The van der Waals surface area contributed by atoms with Crippen LogP contribution < -0.4 is 14.9 Å². The molecule has 5 heteroatoms. The van der Waals surface area contributed by atoms with Crippen LogP contribution in [-0.4, -0.2) is 24.3 Å². The minimum Gasteiger partial charge on any atom is -0.485 e. The van der Waals surface area contributed by atoms with Crippen molar-refractivity contribution in [3.05, 3.63) is 71.8 Å². The second kappa shape index (κ2) is 7.11. The van der Waals surface area contributed by atoms with Crippen LogP contribution in [0.4, 0.5) is 0 Å². The van der Waals surface area contributed by atoms with Gasteiger partial charge in [0.05, 0.1) is 5.71 Å². The third kappa shape index (κ3) is 3.62. The van der Waals surface area contributed by atoms with E-state index in [0.717, 1.165) is 22.0 Å². The van der Waals surface area contributed by atoms with E-state index < -0.39 is 6.10 Å². The summed E-state index contributed by atoms with van der Waals surface area (Å²) in [4.78, 5) is 12.4. The van der Waals surface area contributed by atoms with E-state index in [0.29, 0.717) is 11.5 Å². The molecule has 4 rings (SSSR count). The number of benzene rings is 3. The first kappa shape index (κ1) is 17.1. The first-order chi connectivity index (χ1) is 13.1. The molecule has 1 N–H and O–H groups in total. The molecule has 0 saturated carbocycles. The van der Waals surface area contributed by atoms with Crippen LogP contribution in [-0.2, 0) is 4.79 Å². The first-order valence-corrected chi connectivity index (χ1v) is 8.83. The van der Waals surface area contributed by atoms with Crippen LogP contribution in [0.2, 0.25) is 0 Å². The van der Waals surface area contributed by atoms with E-state index >= 15 is 0 Å². The molecule has 0 saturated heterocycles. The fraction of sp³-hybridized carbons (Fsp3) is 0.182. The number of carbonyl (C=O) groups is 1. The highest BCUT2D eigenvalue weighted by Crippen LogP contribution is 2.35. The van der Waals surface area contributed by atoms with E-state index in [1.807, 2.05) is 74.5 Å². The van der Waals surface area contributed by atoms with Gasteiger partial charge in [-0.3, -0.25) is 4.79 Å². The van der Waals surface area contributed by atoms with E-state index in [1.54, 1.807) is 0 Å². The second-order valence-corrected chi connectivity index (χ2v) is 6.60. The predicted octanol–water partition coefficient (Wildman–Crippen LogP) is 3.83. The summed E-state index contributed by atoms with van der Waals surface area (Å²) in [6.45, 7) is 4.03. The molecule has 5 nitrogen and oxygen atoms in total. The van der Waals surface area contributed by atoms with Gasteiger partial charge in [-0.1, -0.05) is 54.1 Å². The van der Waals surface area contributed by atoms with Crippen LogP contribution in [0, 0.1) is 6.92 Å². The molecule has 0 aromatic heterocycles. The standard InChI is InChI=1S/C22H20N2O3/c1-14-7-9-16(10-8-14)15(2)23-24-22(25)21-13-26-19-11-17-5-3-4-6-18(17)12-20(19)27-21/h3-12,21H,13H2,1-2H3,(H,24,25)/b23-15+/t21-/m0/s1. The van der Waals surface area contributed by atoms with Gasteiger partial charge in [0.1, 0.15) is 6.61 Å². The van der Waals surface area contributed by atoms with Crippen LogP contribution in [0.5, 0.6) is 11.5 Å². The zero-order valence-corrected chi connectivity index (χ0v) is 15.2. The van der Waals surface area contributed by atoms with Gasteiger partial charge in [-0.25, -0.2) is 5.43 Å². The Labute approximate surface area is 157 Å². The molecule has 1 aliphatic heterocycles. The molecule has 136 valence electrons. The molecule has 1 atom stereocenters. The number of nitrogens with zero attached hydrogens (tertiary/aromatic N) is 1. The molecule has 1 aliphatic rings. The van der Waals surface area contributed by atoms with Crippen molar-refractivity contribution < 1.29 is 14.3 Å². The monoisotopic (exact) mass is 360 g/mol. The van der Waals surface area contributed by atoms with Crippen LogP contribution in [0.1, 0.15) is 18.1 Å². The normalized spacial score (nSPS) is 16.2. The number of rotatable bonds is 3. The van der Waals surface area contributed by atoms with Gasteiger partial charge in [0.2, 0.25) is 6.10 Å². The molecule has 0 fully saturated rings. The van der Waals surface area contributed by atoms with E-state index in [2.05, 4.69) is 10.5 Å². The summed E-state index contributed by atoms with van der Waals surface area (Å²) in [6.07, 6.45) is -0.742. The minimum absolute atomic E-state index is 0.149. The average molecular weight is 360 g/mol. The van der Waals surface area contributed by atoms with Gasteiger partial charge >= 0.3 is 0 Å². The van der Waals surface area contributed by atoms with E-state index in [1.165, 1.54) is 5.56 Å². The number of amides is 1. The van der Waals surface area contributed by atoms with Gasteiger partial charge < -0.3 is 9.47 Å². The van der Waals surface area contributed by atoms with Crippen molar-refractivity contribution in [2.75, 3.05) is 6.61 Å². The van der Waals surface area contributed by atoms with Crippen molar-refractivity contribution in [2.24, 2.45) is 5.10 Å². The number of hydrogen-bond acceptors (Lipinski definition) is 4. The molecule has 3 aromatic carbocycles. The predicted molar refractivity (Wildman–Crippen MR) is 105 cm³/mol. The van der Waals surface area contributed by atoms with E-state index in [9.17, 15) is 4.79 Å². The van der Waals surface area contributed by atoms with Crippen molar-refractivity contribution in [1.82, 2.24) is 5.43 Å². The number of ether oxygens (including phenoxy) is 2. The lowest BCUT2D eigenvalue weighted by molar-refractivity contribution is -0.130. The van der Waals surface area contributed by atoms with Gasteiger partial charge in [-0.2, -0.15) is 5.10 Å². The zero-order chi connectivity index (χ0) is 18.8. The molecule has 0 unspecified atom stereocenters. The molecule has 0 spiro atoms. The Balaban J connectivity index is 1.46. The molecular formula is C22H20N2O3. The number of aryl methyl sites for hydroxylation is 1. The van der Waals surface area contributed by atoms with Crippen LogP contribution in [0.25, 0.3) is 10.8 Å². The van der Waals surface area contributed by atoms with E-state index in [4.69, 9.17) is 9.47 Å². The highest BCUT2D eigenvalue weighted by Gasteiger charge is 2.27. The second-order valence-electron chi connectivity index (χ2n) is 6.60. The minimum atomic E-state index is -0.742. The summed E-state index contributed by atoms with van der Waals surface area (Å²) in [7, 11) is 0. The average Bonchev–Trinajstić information content (AvgIpc) is 2.70. The lowest BCUT2D eigenvalue weighted by Gasteiger charge is -2.25. The number of hydrazone groups is 1. The quantitative estimate of drug-likeness (QED) is 0.570. The molecule has 1 amide bonds. The molecule has 0 aliphatic carbocycles. The van der Waals surface area contributed by atoms with Crippen molar-refractivity contribution >= 4 is 22.4 Å². The highest BCUT2D eigenvalue weighted by molar-refractivity contribution is 5.99. The zero-order valence-electron chi connectivity index (χ0n) is 15.2. The Morgan fingerprint density at radius 1 is 1.04 bits per heavy atom. The summed E-state index contributed by atoms with van der Waals surface area (Å²) in [5, 5.41) is 6.29. The maximum absolute atomic E-state index is 12.4. The molecule has 0 radical (unpaired) electrons. The van der Waals surface area contributed by atoms with Gasteiger partial charge in [0.25, 0.3) is 5.91 Å². The fourth-order valence-corrected chi connectivity index (χ4v) is 2.96. The summed E-state index contributed by atoms with van der Waals surface area (Å²) in [5.74, 6) is 0.886. The lowest BCUT2D eigenvalue weighted by atomic mass is 10.1. The van der Waals surface area contributed by atoms with Crippen LogP contribution in [0.15, 0.2) is 65.8 Å². The van der Waals surface area contributed by atoms with Crippen LogP contribution >= 0.6 is 0 Å². The Bertz CT molecular complexity index is 1030. The lowest BCUT2D eigenvalue weighted by Crippen LogP contribution is -2.42.